The molecule has 152 valence electrons. The fraction of sp³-hybridized carbons (Fsp3) is 0.286. The van der Waals surface area contributed by atoms with Gasteiger partial charge in [-0.2, -0.15) is 0 Å². The third-order valence-electron chi connectivity index (χ3n) is 4.78. The number of hydrazine groups is 1. The van der Waals surface area contributed by atoms with Crippen LogP contribution < -0.4 is 26.8 Å². The molecular formula is C21H25N5O3. The van der Waals surface area contributed by atoms with Crippen LogP contribution in [0.15, 0.2) is 54.6 Å². The number of nitrogens with two attached hydrogens (primary N) is 1. The lowest BCUT2D eigenvalue weighted by Gasteiger charge is -2.30. The number of para-hydroxylation sites is 1. The van der Waals surface area contributed by atoms with Crippen LogP contribution in [-0.4, -0.2) is 37.0 Å². The van der Waals surface area contributed by atoms with Gasteiger partial charge in [0.05, 0.1) is 6.54 Å². The molecule has 0 fully saturated rings. The van der Waals surface area contributed by atoms with Crippen LogP contribution in [0.1, 0.15) is 17.5 Å². The number of carbonyl (C=O) groups is 3. The molecule has 0 aromatic heterocycles. The molecule has 2 aromatic carbocycles. The third kappa shape index (κ3) is 5.71. The molecule has 1 unspecified atom stereocenters. The number of benzene rings is 2. The minimum absolute atomic E-state index is 0.129. The molecule has 4 amide bonds. The number of hydrogen-bond donors (Lipinski definition) is 4. The zero-order valence-corrected chi connectivity index (χ0v) is 16.1. The highest BCUT2D eigenvalue weighted by molar-refractivity contribution is 5.89. The van der Waals surface area contributed by atoms with E-state index in [0.717, 1.165) is 30.6 Å². The summed E-state index contributed by atoms with van der Waals surface area (Å²) >= 11 is 0. The molecular weight excluding hydrogens is 370 g/mol. The lowest BCUT2D eigenvalue weighted by molar-refractivity contribution is -0.129. The molecule has 2 aromatic rings. The molecule has 0 radical (unpaired) electrons. The standard InChI is InChI=1S/C21H25N5O3/c22-21(29)23-17(13-15-7-2-1-3-8-15)20(28)25-24-19(27)14-26-12-6-10-16-9-4-5-11-18(16)26/h1-5,7-9,11,17H,6,10,12-14H2,(H,24,27)(H,25,28)(H3,22,23,29). The largest absolute Gasteiger partial charge is 0.362 e. The van der Waals surface area contributed by atoms with Crippen LogP contribution in [0.2, 0.25) is 0 Å². The average Bonchev–Trinajstić information content (AvgIpc) is 2.72. The van der Waals surface area contributed by atoms with E-state index < -0.39 is 18.0 Å². The Balaban J connectivity index is 1.55. The lowest BCUT2D eigenvalue weighted by atomic mass is 10.0. The third-order valence-corrected chi connectivity index (χ3v) is 4.78. The fourth-order valence-electron chi connectivity index (χ4n) is 3.44. The SMILES string of the molecule is NC(=O)NC(Cc1ccccc1)C(=O)NNC(=O)CN1CCCc2ccccc21. The van der Waals surface area contributed by atoms with E-state index in [9.17, 15) is 14.4 Å². The molecule has 0 spiro atoms. The summed E-state index contributed by atoms with van der Waals surface area (Å²) in [5.74, 6) is -0.882. The smallest absolute Gasteiger partial charge is 0.312 e. The predicted octanol–water partition coefficient (Wildman–Crippen LogP) is 0.866. The van der Waals surface area contributed by atoms with Crippen molar-refractivity contribution in [2.45, 2.75) is 25.3 Å². The fourth-order valence-corrected chi connectivity index (χ4v) is 3.44. The summed E-state index contributed by atoms with van der Waals surface area (Å²) in [6.07, 6.45) is 2.22. The normalized spacial score (nSPS) is 13.7. The number of amides is 4. The summed E-state index contributed by atoms with van der Waals surface area (Å²) in [4.78, 5) is 38.1. The minimum Gasteiger partial charge on any atom is -0.362 e. The van der Waals surface area contributed by atoms with E-state index in [1.807, 2.05) is 53.4 Å². The van der Waals surface area contributed by atoms with E-state index in [1.165, 1.54) is 5.56 Å². The second kappa shape index (κ2) is 9.59. The van der Waals surface area contributed by atoms with E-state index in [4.69, 9.17) is 5.73 Å². The highest BCUT2D eigenvalue weighted by Gasteiger charge is 2.22. The Hall–Kier alpha value is -3.55. The van der Waals surface area contributed by atoms with Crippen molar-refractivity contribution in [1.29, 1.82) is 0 Å². The highest BCUT2D eigenvalue weighted by Crippen LogP contribution is 2.26. The zero-order chi connectivity index (χ0) is 20.6. The van der Waals surface area contributed by atoms with Crippen molar-refractivity contribution in [2.24, 2.45) is 5.73 Å². The van der Waals surface area contributed by atoms with Crippen LogP contribution >= 0.6 is 0 Å². The molecule has 0 bridgehead atoms. The van der Waals surface area contributed by atoms with E-state index in [2.05, 4.69) is 22.2 Å². The maximum absolute atomic E-state index is 12.5. The lowest BCUT2D eigenvalue weighted by Crippen LogP contribution is -2.55. The number of nitrogens with zero attached hydrogens (tertiary/aromatic N) is 1. The number of rotatable bonds is 6. The van der Waals surface area contributed by atoms with E-state index in [1.54, 1.807) is 0 Å². The topological polar surface area (TPSA) is 117 Å². The molecule has 0 saturated heterocycles. The van der Waals surface area contributed by atoms with Crippen LogP contribution in [0.25, 0.3) is 0 Å². The molecule has 1 heterocycles. The maximum atomic E-state index is 12.5. The van der Waals surface area contributed by atoms with Gasteiger partial charge in [-0.25, -0.2) is 4.79 Å². The first kappa shape index (κ1) is 20.2. The first-order valence-corrected chi connectivity index (χ1v) is 9.54. The number of anilines is 1. The molecule has 8 nitrogen and oxygen atoms in total. The zero-order valence-electron chi connectivity index (χ0n) is 16.1. The van der Waals surface area contributed by atoms with Crippen molar-refractivity contribution < 1.29 is 14.4 Å². The van der Waals surface area contributed by atoms with E-state index >= 15 is 0 Å². The number of urea groups is 1. The van der Waals surface area contributed by atoms with Crippen LogP contribution in [0.3, 0.4) is 0 Å². The molecule has 0 aliphatic carbocycles. The van der Waals surface area contributed by atoms with Gasteiger partial charge in [0.1, 0.15) is 6.04 Å². The molecule has 3 rings (SSSR count). The molecule has 1 atom stereocenters. The number of carbonyl (C=O) groups excluding carboxylic acids is 3. The van der Waals surface area contributed by atoms with Gasteiger partial charge in [-0.05, 0) is 30.0 Å². The highest BCUT2D eigenvalue weighted by atomic mass is 16.2. The number of nitrogens with one attached hydrogen (secondary N) is 3. The first-order chi connectivity index (χ1) is 14.0. The van der Waals surface area contributed by atoms with Crippen molar-refractivity contribution in [3.05, 3.63) is 65.7 Å². The Morgan fingerprint density at radius 2 is 1.72 bits per heavy atom. The molecule has 1 aliphatic rings. The van der Waals surface area contributed by atoms with Gasteiger partial charge in [0.15, 0.2) is 0 Å². The summed E-state index contributed by atoms with van der Waals surface area (Å²) in [5.41, 5.74) is 13.1. The van der Waals surface area contributed by atoms with Crippen molar-refractivity contribution in [1.82, 2.24) is 16.2 Å². The number of fused-ring (bicyclic) bond motifs is 1. The second-order valence-electron chi connectivity index (χ2n) is 6.94. The van der Waals surface area contributed by atoms with Crippen molar-refractivity contribution >= 4 is 23.5 Å². The number of primary amides is 1. The molecule has 8 heteroatoms. The van der Waals surface area contributed by atoms with Gasteiger partial charge in [-0.15, -0.1) is 0 Å². The van der Waals surface area contributed by atoms with Gasteiger partial charge < -0.3 is 16.0 Å². The summed E-state index contributed by atoms with van der Waals surface area (Å²) in [6.45, 7) is 0.905. The molecule has 29 heavy (non-hydrogen) atoms. The average molecular weight is 395 g/mol. The Labute approximate surface area is 169 Å². The van der Waals surface area contributed by atoms with Crippen molar-refractivity contribution in [2.75, 3.05) is 18.0 Å². The van der Waals surface area contributed by atoms with Crippen molar-refractivity contribution in [3.8, 4) is 0 Å². The Kier molecular flexibility index (Phi) is 6.67. The Morgan fingerprint density at radius 1 is 1.00 bits per heavy atom. The summed E-state index contributed by atoms with van der Waals surface area (Å²) < 4.78 is 0. The van der Waals surface area contributed by atoms with Crippen LogP contribution in [0.4, 0.5) is 10.5 Å². The number of aryl methyl sites for hydroxylation is 1. The predicted molar refractivity (Wildman–Crippen MR) is 110 cm³/mol. The van der Waals surface area contributed by atoms with Gasteiger partial charge in [0.2, 0.25) is 0 Å². The molecule has 1 aliphatic heterocycles. The first-order valence-electron chi connectivity index (χ1n) is 9.54. The second-order valence-corrected chi connectivity index (χ2v) is 6.94. The molecule has 5 N–H and O–H groups in total. The quantitative estimate of drug-likeness (QED) is 0.543. The summed E-state index contributed by atoms with van der Waals surface area (Å²) in [5, 5.41) is 2.41. The van der Waals surface area contributed by atoms with Gasteiger partial charge in [0, 0.05) is 18.7 Å². The van der Waals surface area contributed by atoms with Gasteiger partial charge in [-0.3, -0.25) is 20.4 Å². The molecule has 0 saturated carbocycles. The monoisotopic (exact) mass is 395 g/mol. The van der Waals surface area contributed by atoms with E-state index in [0.29, 0.717) is 0 Å². The summed E-state index contributed by atoms with van der Waals surface area (Å²) in [6, 6.07) is 15.5. The van der Waals surface area contributed by atoms with Gasteiger partial charge >= 0.3 is 6.03 Å². The van der Waals surface area contributed by atoms with Crippen LogP contribution in [-0.2, 0) is 22.4 Å². The summed E-state index contributed by atoms with van der Waals surface area (Å²) in [7, 11) is 0. The van der Waals surface area contributed by atoms with Gasteiger partial charge in [-0.1, -0.05) is 48.5 Å². The minimum atomic E-state index is -0.897. The number of hydrogen-bond acceptors (Lipinski definition) is 4. The van der Waals surface area contributed by atoms with E-state index in [-0.39, 0.29) is 18.9 Å². The Bertz CT molecular complexity index is 872. The van der Waals surface area contributed by atoms with Crippen molar-refractivity contribution in [3.63, 3.8) is 0 Å². The van der Waals surface area contributed by atoms with Crippen LogP contribution in [0, 0.1) is 0 Å². The Morgan fingerprint density at radius 3 is 2.48 bits per heavy atom. The van der Waals surface area contributed by atoms with Crippen LogP contribution in [0.5, 0.6) is 0 Å². The van der Waals surface area contributed by atoms with Gasteiger partial charge in [0.25, 0.3) is 11.8 Å². The maximum Gasteiger partial charge on any atom is 0.312 e.